The van der Waals surface area contributed by atoms with Gasteiger partial charge < -0.3 is 4.90 Å². The third-order valence-electron chi connectivity index (χ3n) is 4.41. The molecule has 0 radical (unpaired) electrons. The Morgan fingerprint density at radius 2 is 1.77 bits per heavy atom. The molecule has 2 aliphatic heterocycles. The second-order valence-corrected chi connectivity index (χ2v) is 7.08. The highest BCUT2D eigenvalue weighted by atomic mass is 32.2. The summed E-state index contributed by atoms with van der Waals surface area (Å²) in [5.74, 6) is 1.21. The van der Waals surface area contributed by atoms with Crippen LogP contribution in [0.2, 0.25) is 0 Å². The average Bonchev–Trinajstić information content (AvgIpc) is 3.08. The lowest BCUT2D eigenvalue weighted by molar-refractivity contribution is -0.155. The largest absolute Gasteiger partial charge is 0.326 e. The SMILES string of the molecule is O=C1N(Cc2ccccc2)[C@@H](c2ccccc2)[C@@]12NCCS2. The molecule has 2 fully saturated rings. The minimum Gasteiger partial charge on any atom is -0.326 e. The summed E-state index contributed by atoms with van der Waals surface area (Å²) in [6.07, 6.45) is 0. The smallest absolute Gasteiger partial charge is 0.256 e. The van der Waals surface area contributed by atoms with Gasteiger partial charge in [-0.3, -0.25) is 10.1 Å². The van der Waals surface area contributed by atoms with Crippen LogP contribution in [-0.2, 0) is 11.3 Å². The summed E-state index contributed by atoms with van der Waals surface area (Å²) in [5.41, 5.74) is 2.38. The summed E-state index contributed by atoms with van der Waals surface area (Å²) in [6.45, 7) is 1.57. The molecule has 0 unspecified atom stereocenters. The third kappa shape index (κ3) is 2.06. The van der Waals surface area contributed by atoms with Crippen LogP contribution >= 0.6 is 11.8 Å². The Kier molecular flexibility index (Phi) is 3.43. The molecule has 2 heterocycles. The lowest BCUT2D eigenvalue weighted by Gasteiger charge is -2.54. The molecule has 2 aromatic rings. The molecule has 1 amide bonds. The molecule has 1 N–H and O–H groups in total. The van der Waals surface area contributed by atoms with E-state index < -0.39 is 4.87 Å². The van der Waals surface area contributed by atoms with Gasteiger partial charge in [-0.1, -0.05) is 60.7 Å². The second-order valence-electron chi connectivity index (χ2n) is 5.74. The van der Waals surface area contributed by atoms with Crippen LogP contribution in [0.4, 0.5) is 0 Å². The molecule has 2 aromatic carbocycles. The number of rotatable bonds is 3. The maximum atomic E-state index is 12.8. The first-order valence-electron chi connectivity index (χ1n) is 7.60. The normalized spacial score (nSPS) is 27.2. The van der Waals surface area contributed by atoms with E-state index in [0.717, 1.165) is 12.3 Å². The van der Waals surface area contributed by atoms with Crippen LogP contribution in [0.1, 0.15) is 17.2 Å². The van der Waals surface area contributed by atoms with Crippen LogP contribution in [0.3, 0.4) is 0 Å². The zero-order chi connectivity index (χ0) is 15.0. The number of nitrogens with one attached hydrogen (secondary N) is 1. The van der Waals surface area contributed by atoms with Crippen molar-refractivity contribution in [3.8, 4) is 0 Å². The van der Waals surface area contributed by atoms with Crippen LogP contribution in [-0.4, -0.2) is 28.0 Å². The highest BCUT2D eigenvalue weighted by molar-refractivity contribution is 8.01. The zero-order valence-electron chi connectivity index (χ0n) is 12.2. The van der Waals surface area contributed by atoms with E-state index in [1.54, 1.807) is 11.8 Å². The van der Waals surface area contributed by atoms with E-state index in [4.69, 9.17) is 0 Å². The highest BCUT2D eigenvalue weighted by Gasteiger charge is 2.62. The summed E-state index contributed by atoms with van der Waals surface area (Å²) in [5, 5.41) is 3.46. The van der Waals surface area contributed by atoms with E-state index in [1.165, 1.54) is 11.1 Å². The number of nitrogens with zero attached hydrogens (tertiary/aromatic N) is 1. The Morgan fingerprint density at radius 1 is 1.09 bits per heavy atom. The van der Waals surface area contributed by atoms with Gasteiger partial charge in [-0.05, 0) is 11.1 Å². The van der Waals surface area contributed by atoms with E-state index in [0.29, 0.717) is 6.54 Å². The fourth-order valence-electron chi connectivity index (χ4n) is 3.41. The first-order chi connectivity index (χ1) is 10.8. The summed E-state index contributed by atoms with van der Waals surface area (Å²) >= 11 is 1.75. The number of β-lactam (4-membered cyclic amide) rings is 1. The first-order valence-corrected chi connectivity index (χ1v) is 8.59. The Hall–Kier alpha value is -1.78. The number of hydrogen-bond acceptors (Lipinski definition) is 3. The van der Waals surface area contributed by atoms with E-state index in [-0.39, 0.29) is 11.9 Å². The molecule has 2 saturated heterocycles. The predicted molar refractivity (Wildman–Crippen MR) is 89.4 cm³/mol. The van der Waals surface area contributed by atoms with Crippen LogP contribution in [0.25, 0.3) is 0 Å². The maximum absolute atomic E-state index is 12.8. The van der Waals surface area contributed by atoms with Crippen LogP contribution in [0, 0.1) is 0 Å². The molecular weight excluding hydrogens is 292 g/mol. The van der Waals surface area contributed by atoms with Crippen molar-refractivity contribution < 1.29 is 4.79 Å². The molecule has 2 aliphatic rings. The summed E-state index contributed by atoms with van der Waals surface area (Å²) in [4.78, 5) is 14.4. The molecule has 1 spiro atoms. The molecule has 3 nitrogen and oxygen atoms in total. The van der Waals surface area contributed by atoms with Crippen LogP contribution in [0.5, 0.6) is 0 Å². The minimum atomic E-state index is -0.448. The molecule has 0 saturated carbocycles. The average molecular weight is 310 g/mol. The van der Waals surface area contributed by atoms with Crippen molar-refractivity contribution in [2.24, 2.45) is 0 Å². The monoisotopic (exact) mass is 310 g/mol. The summed E-state index contributed by atoms with van der Waals surface area (Å²) in [6, 6.07) is 20.7. The molecule has 0 bridgehead atoms. The van der Waals surface area contributed by atoms with E-state index in [9.17, 15) is 4.79 Å². The zero-order valence-corrected chi connectivity index (χ0v) is 13.1. The molecule has 0 aliphatic carbocycles. The Labute approximate surface area is 134 Å². The van der Waals surface area contributed by atoms with Gasteiger partial charge in [-0.2, -0.15) is 0 Å². The van der Waals surface area contributed by atoms with Crippen LogP contribution in [0.15, 0.2) is 60.7 Å². The van der Waals surface area contributed by atoms with Gasteiger partial charge in [0.15, 0.2) is 4.87 Å². The maximum Gasteiger partial charge on any atom is 0.256 e. The molecule has 112 valence electrons. The van der Waals surface area contributed by atoms with E-state index >= 15 is 0 Å². The van der Waals surface area contributed by atoms with E-state index in [2.05, 4.69) is 29.6 Å². The summed E-state index contributed by atoms with van der Waals surface area (Å²) in [7, 11) is 0. The number of carbonyl (C=O) groups is 1. The number of amides is 1. The Morgan fingerprint density at radius 3 is 2.41 bits per heavy atom. The number of thioether (sulfide) groups is 1. The van der Waals surface area contributed by atoms with Gasteiger partial charge in [-0.25, -0.2) is 0 Å². The van der Waals surface area contributed by atoms with Crippen LogP contribution < -0.4 is 5.32 Å². The second kappa shape index (κ2) is 5.45. The fourth-order valence-corrected chi connectivity index (χ4v) is 4.80. The van der Waals surface area contributed by atoms with Gasteiger partial charge in [0.2, 0.25) is 0 Å². The minimum absolute atomic E-state index is 0.105. The first kappa shape index (κ1) is 13.9. The Balaban J connectivity index is 1.67. The lowest BCUT2D eigenvalue weighted by atomic mass is 9.87. The number of hydrogen-bond donors (Lipinski definition) is 1. The third-order valence-corrected chi connectivity index (χ3v) is 5.81. The van der Waals surface area contributed by atoms with Gasteiger partial charge in [0.1, 0.15) is 0 Å². The topological polar surface area (TPSA) is 32.3 Å². The molecule has 22 heavy (non-hydrogen) atoms. The van der Waals surface area contributed by atoms with Crippen molar-refractivity contribution in [2.45, 2.75) is 17.5 Å². The standard InChI is InChI=1S/C18H18N2OS/c21-17-18(19-11-12-22-18)16(15-9-5-2-6-10-15)20(17)13-14-7-3-1-4-8-14/h1-10,16,19H,11-13H2/t16-,18-/m0/s1. The van der Waals surface area contributed by atoms with Crippen molar-refractivity contribution in [1.82, 2.24) is 10.2 Å². The van der Waals surface area contributed by atoms with Gasteiger partial charge in [-0.15, -0.1) is 11.8 Å². The quantitative estimate of drug-likeness (QED) is 0.885. The number of carbonyl (C=O) groups excluding carboxylic acids is 1. The van der Waals surface area contributed by atoms with E-state index in [1.807, 2.05) is 41.3 Å². The molecule has 4 rings (SSSR count). The number of benzene rings is 2. The fraction of sp³-hybridized carbons (Fsp3) is 0.278. The molecule has 4 heteroatoms. The lowest BCUT2D eigenvalue weighted by Crippen LogP contribution is -2.70. The van der Waals surface area contributed by atoms with Gasteiger partial charge in [0.05, 0.1) is 6.04 Å². The molecular formula is C18H18N2OS. The van der Waals surface area contributed by atoms with Crippen molar-refractivity contribution in [1.29, 1.82) is 0 Å². The van der Waals surface area contributed by atoms with Crippen molar-refractivity contribution >= 4 is 17.7 Å². The highest BCUT2D eigenvalue weighted by Crippen LogP contribution is 2.52. The van der Waals surface area contributed by atoms with Gasteiger partial charge >= 0.3 is 0 Å². The van der Waals surface area contributed by atoms with Crippen molar-refractivity contribution in [3.05, 3.63) is 71.8 Å². The number of likely N-dealkylation sites (tertiary alicyclic amines) is 1. The molecule has 0 aromatic heterocycles. The predicted octanol–water partition coefficient (Wildman–Crippen LogP) is 2.80. The Bertz CT molecular complexity index is 668. The van der Waals surface area contributed by atoms with Gasteiger partial charge in [0.25, 0.3) is 5.91 Å². The summed E-state index contributed by atoms with van der Waals surface area (Å²) < 4.78 is 0. The van der Waals surface area contributed by atoms with Crippen molar-refractivity contribution in [3.63, 3.8) is 0 Å². The molecule has 2 atom stereocenters. The van der Waals surface area contributed by atoms with Crippen molar-refractivity contribution in [2.75, 3.05) is 12.3 Å². The van der Waals surface area contributed by atoms with Gasteiger partial charge in [0, 0.05) is 18.8 Å².